The lowest BCUT2D eigenvalue weighted by atomic mass is 10.2. The molecule has 2 amide bonds. The molecule has 0 radical (unpaired) electrons. The molecule has 0 unspecified atom stereocenters. The minimum Gasteiger partial charge on any atom is -0.493 e. The quantitative estimate of drug-likeness (QED) is 0.706. The van der Waals surface area contributed by atoms with E-state index < -0.39 is 6.03 Å². The van der Waals surface area contributed by atoms with Crippen molar-refractivity contribution in [1.29, 1.82) is 0 Å². The largest absolute Gasteiger partial charge is 0.493 e. The minimum absolute atomic E-state index is 0.183. The molecule has 2 N–H and O–H groups in total. The molecule has 1 aromatic carbocycles. The van der Waals surface area contributed by atoms with E-state index in [2.05, 4.69) is 20.6 Å². The summed E-state index contributed by atoms with van der Waals surface area (Å²) in [5.41, 5.74) is 1.67. The minimum atomic E-state index is -0.410. The Labute approximate surface area is 150 Å². The summed E-state index contributed by atoms with van der Waals surface area (Å²) < 4.78 is 15.9. The average Bonchev–Trinajstić information content (AvgIpc) is 3.21. The van der Waals surface area contributed by atoms with Crippen molar-refractivity contribution >= 4 is 11.7 Å². The lowest BCUT2D eigenvalue weighted by Crippen LogP contribution is -2.29. The van der Waals surface area contributed by atoms with Crippen molar-refractivity contribution in [2.75, 3.05) is 19.5 Å². The Balaban J connectivity index is 1.70. The van der Waals surface area contributed by atoms with Gasteiger partial charge in [-0.15, -0.1) is 0 Å². The number of anilines is 1. The average molecular weight is 354 g/mol. The number of benzene rings is 1. The van der Waals surface area contributed by atoms with E-state index in [-0.39, 0.29) is 6.54 Å². The predicted molar refractivity (Wildman–Crippen MR) is 95.1 cm³/mol. The summed E-state index contributed by atoms with van der Waals surface area (Å²) in [6.45, 7) is 0.183. The number of furan rings is 1. The number of carbonyl (C=O) groups is 1. The molecule has 2 heterocycles. The van der Waals surface area contributed by atoms with Crippen LogP contribution in [0.15, 0.2) is 53.4 Å². The maximum absolute atomic E-state index is 12.3. The number of para-hydroxylation sites is 1. The highest BCUT2D eigenvalue weighted by Crippen LogP contribution is 2.34. The molecule has 8 heteroatoms. The standard InChI is InChI=1S/C18H18N4O4/c1-24-15-6-3-5-12(17(15)25-2)22-18(23)21-11-13-16(20-9-8-19-13)14-7-4-10-26-14/h3-10H,11H2,1-2H3,(H2,21,22,23). The van der Waals surface area contributed by atoms with E-state index in [0.717, 1.165) is 0 Å². The van der Waals surface area contributed by atoms with Gasteiger partial charge in [0.2, 0.25) is 0 Å². The van der Waals surface area contributed by atoms with Gasteiger partial charge in [0.15, 0.2) is 17.3 Å². The van der Waals surface area contributed by atoms with Crippen LogP contribution in [-0.2, 0) is 6.54 Å². The molecule has 26 heavy (non-hydrogen) atoms. The monoisotopic (exact) mass is 354 g/mol. The highest BCUT2D eigenvalue weighted by Gasteiger charge is 2.14. The van der Waals surface area contributed by atoms with Crippen molar-refractivity contribution in [2.24, 2.45) is 0 Å². The predicted octanol–water partition coefficient (Wildman–Crippen LogP) is 3.08. The third-order valence-electron chi connectivity index (χ3n) is 3.60. The summed E-state index contributed by atoms with van der Waals surface area (Å²) in [7, 11) is 3.04. The smallest absolute Gasteiger partial charge is 0.319 e. The van der Waals surface area contributed by atoms with Crippen LogP contribution in [0, 0.1) is 0 Å². The van der Waals surface area contributed by atoms with E-state index in [4.69, 9.17) is 13.9 Å². The Bertz CT molecular complexity index is 881. The van der Waals surface area contributed by atoms with Gasteiger partial charge in [0.25, 0.3) is 0 Å². The molecule has 0 atom stereocenters. The van der Waals surface area contributed by atoms with Gasteiger partial charge in [0.05, 0.1) is 38.4 Å². The molecular weight excluding hydrogens is 336 g/mol. The number of methoxy groups -OCH3 is 2. The summed E-state index contributed by atoms with van der Waals surface area (Å²) in [4.78, 5) is 20.8. The van der Waals surface area contributed by atoms with E-state index in [1.165, 1.54) is 14.2 Å². The van der Waals surface area contributed by atoms with Crippen molar-refractivity contribution in [3.05, 3.63) is 54.7 Å². The van der Waals surface area contributed by atoms with E-state index in [1.807, 2.05) is 0 Å². The zero-order valence-corrected chi connectivity index (χ0v) is 14.4. The first-order chi connectivity index (χ1) is 12.7. The first-order valence-corrected chi connectivity index (χ1v) is 7.82. The van der Waals surface area contributed by atoms with Crippen molar-refractivity contribution in [2.45, 2.75) is 6.54 Å². The maximum atomic E-state index is 12.3. The molecule has 134 valence electrons. The molecule has 3 aromatic rings. The van der Waals surface area contributed by atoms with Crippen LogP contribution in [0.5, 0.6) is 11.5 Å². The fraction of sp³-hybridized carbons (Fsp3) is 0.167. The van der Waals surface area contributed by atoms with Crippen LogP contribution in [0.4, 0.5) is 10.5 Å². The van der Waals surface area contributed by atoms with Crippen molar-refractivity contribution in [3.8, 4) is 23.0 Å². The molecular formula is C18H18N4O4. The summed E-state index contributed by atoms with van der Waals surface area (Å²) in [6, 6.07) is 8.37. The zero-order valence-electron chi connectivity index (χ0n) is 14.4. The molecule has 0 fully saturated rings. The number of urea groups is 1. The zero-order chi connectivity index (χ0) is 18.4. The van der Waals surface area contributed by atoms with Crippen LogP contribution < -0.4 is 20.1 Å². The third kappa shape index (κ3) is 3.75. The molecule has 0 aliphatic rings. The topological polar surface area (TPSA) is 98.5 Å². The Morgan fingerprint density at radius 1 is 1.12 bits per heavy atom. The summed E-state index contributed by atoms with van der Waals surface area (Å²) >= 11 is 0. The lowest BCUT2D eigenvalue weighted by Gasteiger charge is -2.14. The van der Waals surface area contributed by atoms with Crippen molar-refractivity contribution in [1.82, 2.24) is 15.3 Å². The number of aromatic nitrogens is 2. The molecule has 0 saturated carbocycles. The van der Waals surface area contributed by atoms with Crippen molar-refractivity contribution in [3.63, 3.8) is 0 Å². The van der Waals surface area contributed by atoms with Gasteiger partial charge in [-0.05, 0) is 24.3 Å². The number of carbonyl (C=O) groups excluding carboxylic acids is 1. The van der Waals surface area contributed by atoms with Gasteiger partial charge < -0.3 is 24.5 Å². The van der Waals surface area contributed by atoms with Gasteiger partial charge >= 0.3 is 6.03 Å². The molecule has 0 spiro atoms. The second-order valence-corrected chi connectivity index (χ2v) is 5.18. The number of nitrogens with one attached hydrogen (secondary N) is 2. The second kappa shape index (κ2) is 8.02. The summed E-state index contributed by atoms with van der Waals surface area (Å²) in [5.74, 6) is 1.56. The molecule has 8 nitrogen and oxygen atoms in total. The number of hydrogen-bond donors (Lipinski definition) is 2. The van der Waals surface area contributed by atoms with Gasteiger partial charge in [0.1, 0.15) is 5.69 Å². The summed E-state index contributed by atoms with van der Waals surface area (Å²) in [5, 5.41) is 5.48. The van der Waals surface area contributed by atoms with Crippen molar-refractivity contribution < 1.29 is 18.7 Å². The van der Waals surface area contributed by atoms with Crippen LogP contribution in [0.3, 0.4) is 0 Å². The molecule has 0 bridgehead atoms. The Morgan fingerprint density at radius 2 is 1.96 bits per heavy atom. The first kappa shape index (κ1) is 17.3. The third-order valence-corrected chi connectivity index (χ3v) is 3.60. The fourth-order valence-electron chi connectivity index (χ4n) is 2.43. The number of ether oxygens (including phenoxy) is 2. The molecule has 2 aromatic heterocycles. The van der Waals surface area contributed by atoms with E-state index >= 15 is 0 Å². The number of nitrogens with zero attached hydrogens (tertiary/aromatic N) is 2. The van der Waals surface area contributed by atoms with E-state index in [1.54, 1.807) is 49.0 Å². The highest BCUT2D eigenvalue weighted by molar-refractivity contribution is 5.91. The van der Waals surface area contributed by atoms with Crippen LogP contribution in [0.2, 0.25) is 0 Å². The van der Waals surface area contributed by atoms with E-state index in [9.17, 15) is 4.79 Å². The maximum Gasteiger partial charge on any atom is 0.319 e. The second-order valence-electron chi connectivity index (χ2n) is 5.18. The number of rotatable bonds is 6. The summed E-state index contributed by atoms with van der Waals surface area (Å²) in [6.07, 6.45) is 4.69. The van der Waals surface area contributed by atoms with Gasteiger partial charge in [-0.2, -0.15) is 0 Å². The number of hydrogen-bond acceptors (Lipinski definition) is 6. The Morgan fingerprint density at radius 3 is 2.69 bits per heavy atom. The highest BCUT2D eigenvalue weighted by atomic mass is 16.5. The van der Waals surface area contributed by atoms with E-state index in [0.29, 0.717) is 34.3 Å². The van der Waals surface area contributed by atoms with Gasteiger partial charge in [-0.25, -0.2) is 9.78 Å². The van der Waals surface area contributed by atoms with Gasteiger partial charge in [0, 0.05) is 12.4 Å². The van der Waals surface area contributed by atoms with Crippen LogP contribution in [0.1, 0.15) is 5.69 Å². The molecule has 0 saturated heterocycles. The van der Waals surface area contributed by atoms with Gasteiger partial charge in [-0.3, -0.25) is 4.98 Å². The fourth-order valence-corrected chi connectivity index (χ4v) is 2.43. The van der Waals surface area contributed by atoms with Crippen LogP contribution in [-0.4, -0.2) is 30.2 Å². The Kier molecular flexibility index (Phi) is 5.33. The van der Waals surface area contributed by atoms with Crippen LogP contribution >= 0.6 is 0 Å². The molecule has 0 aliphatic heterocycles. The molecule has 3 rings (SSSR count). The lowest BCUT2D eigenvalue weighted by molar-refractivity contribution is 0.251. The van der Waals surface area contributed by atoms with Gasteiger partial charge in [-0.1, -0.05) is 6.07 Å². The first-order valence-electron chi connectivity index (χ1n) is 7.82. The normalized spacial score (nSPS) is 10.2. The SMILES string of the molecule is COc1cccc(NC(=O)NCc2nccnc2-c2ccco2)c1OC. The molecule has 0 aliphatic carbocycles. The van der Waals surface area contributed by atoms with Crippen LogP contribution in [0.25, 0.3) is 11.5 Å². The number of amides is 2. The Hall–Kier alpha value is -3.55.